The molecule has 0 aliphatic carbocycles. The van der Waals surface area contributed by atoms with Gasteiger partial charge in [0.1, 0.15) is 11.4 Å². The van der Waals surface area contributed by atoms with Crippen molar-refractivity contribution >= 4 is 28.4 Å². The lowest BCUT2D eigenvalue weighted by Crippen LogP contribution is -2.27. The van der Waals surface area contributed by atoms with Crippen LogP contribution in [0.2, 0.25) is 0 Å². The molecule has 2 aromatic heterocycles. The average Bonchev–Trinajstić information content (AvgIpc) is 2.82. The molecule has 0 aliphatic rings. The monoisotopic (exact) mass is 252 g/mol. The maximum atomic E-state index is 5.86. The van der Waals surface area contributed by atoms with Gasteiger partial charge in [-0.1, -0.05) is 13.3 Å². The number of furan rings is 1. The van der Waals surface area contributed by atoms with Gasteiger partial charge in [0.15, 0.2) is 0 Å². The molecule has 0 amide bonds. The zero-order valence-electron chi connectivity index (χ0n) is 10.0. The van der Waals surface area contributed by atoms with Crippen LogP contribution in [0.25, 0.3) is 11.0 Å². The number of nitrogens with zero attached hydrogens (tertiary/aromatic N) is 2. The molecule has 0 spiro atoms. The Morgan fingerprint density at radius 3 is 3.00 bits per heavy atom. The second kappa shape index (κ2) is 5.92. The van der Waals surface area contributed by atoms with E-state index in [0.29, 0.717) is 5.88 Å². The van der Waals surface area contributed by atoms with Crippen molar-refractivity contribution < 1.29 is 4.42 Å². The molecular formula is C13H17ClN2O. The van der Waals surface area contributed by atoms with Crippen LogP contribution in [0.1, 0.15) is 19.8 Å². The van der Waals surface area contributed by atoms with Crippen LogP contribution in [-0.4, -0.2) is 24.0 Å². The van der Waals surface area contributed by atoms with Crippen LogP contribution in [0.3, 0.4) is 0 Å². The predicted octanol–water partition coefficient (Wildman–Crippen LogP) is 3.67. The number of unbranched alkanes of at least 4 members (excludes halogenated alkanes) is 1. The highest BCUT2D eigenvalue weighted by atomic mass is 35.5. The van der Waals surface area contributed by atoms with Gasteiger partial charge in [0, 0.05) is 25.2 Å². The Labute approximate surface area is 106 Å². The highest BCUT2D eigenvalue weighted by Crippen LogP contribution is 2.25. The third-order valence-corrected chi connectivity index (χ3v) is 2.96. The Morgan fingerprint density at radius 2 is 2.24 bits per heavy atom. The van der Waals surface area contributed by atoms with Gasteiger partial charge in [-0.2, -0.15) is 0 Å². The Kier molecular flexibility index (Phi) is 4.26. The summed E-state index contributed by atoms with van der Waals surface area (Å²) in [6, 6.07) is 3.85. The zero-order chi connectivity index (χ0) is 12.1. The summed E-state index contributed by atoms with van der Waals surface area (Å²) in [5, 5.41) is 1.06. The second-order valence-electron chi connectivity index (χ2n) is 4.00. The lowest BCUT2D eigenvalue weighted by Gasteiger charge is -2.22. The van der Waals surface area contributed by atoms with E-state index in [1.54, 1.807) is 12.5 Å². The number of aromatic nitrogens is 1. The van der Waals surface area contributed by atoms with Gasteiger partial charge in [-0.3, -0.25) is 0 Å². The third-order valence-electron chi connectivity index (χ3n) is 2.79. The van der Waals surface area contributed by atoms with Crippen LogP contribution in [0.15, 0.2) is 29.0 Å². The largest absolute Gasteiger partial charge is 0.464 e. The van der Waals surface area contributed by atoms with Crippen molar-refractivity contribution in [2.75, 3.05) is 23.9 Å². The number of rotatable bonds is 6. The molecule has 0 fully saturated rings. The van der Waals surface area contributed by atoms with Crippen molar-refractivity contribution in [2.45, 2.75) is 19.8 Å². The number of fused-ring (bicyclic) bond motifs is 1. The number of hydrogen-bond acceptors (Lipinski definition) is 3. The van der Waals surface area contributed by atoms with Gasteiger partial charge < -0.3 is 9.32 Å². The van der Waals surface area contributed by atoms with E-state index >= 15 is 0 Å². The highest BCUT2D eigenvalue weighted by molar-refractivity contribution is 6.18. The number of pyridine rings is 1. The van der Waals surface area contributed by atoms with Gasteiger partial charge in [0.2, 0.25) is 0 Å². The molecule has 0 bridgehead atoms. The van der Waals surface area contributed by atoms with Crippen molar-refractivity contribution in [2.24, 2.45) is 0 Å². The Balaban J connectivity index is 2.30. The van der Waals surface area contributed by atoms with E-state index in [0.717, 1.165) is 36.3 Å². The molecule has 4 heteroatoms. The van der Waals surface area contributed by atoms with Gasteiger partial charge in [-0.25, -0.2) is 4.98 Å². The first-order valence-electron chi connectivity index (χ1n) is 6.00. The molecule has 2 aromatic rings. The van der Waals surface area contributed by atoms with E-state index in [1.807, 2.05) is 12.1 Å². The Hall–Kier alpha value is -1.22. The van der Waals surface area contributed by atoms with Crippen LogP contribution in [0.5, 0.6) is 0 Å². The fourth-order valence-corrected chi connectivity index (χ4v) is 2.11. The van der Waals surface area contributed by atoms with Crippen LogP contribution in [0, 0.1) is 0 Å². The van der Waals surface area contributed by atoms with Crippen molar-refractivity contribution in [3.63, 3.8) is 0 Å². The van der Waals surface area contributed by atoms with E-state index in [1.165, 1.54) is 6.42 Å². The van der Waals surface area contributed by atoms with Crippen LogP contribution >= 0.6 is 11.6 Å². The molecule has 17 heavy (non-hydrogen) atoms. The summed E-state index contributed by atoms with van der Waals surface area (Å²) in [7, 11) is 0. The van der Waals surface area contributed by atoms with Gasteiger partial charge in [-0.15, -0.1) is 11.6 Å². The number of hydrogen-bond donors (Lipinski definition) is 0. The van der Waals surface area contributed by atoms with Crippen molar-refractivity contribution in [3.05, 3.63) is 24.6 Å². The normalized spacial score (nSPS) is 10.9. The van der Waals surface area contributed by atoms with Crippen molar-refractivity contribution in [1.29, 1.82) is 0 Å². The Bertz CT molecular complexity index is 469. The fourth-order valence-electron chi connectivity index (χ4n) is 1.91. The minimum atomic E-state index is 0.611. The van der Waals surface area contributed by atoms with E-state index < -0.39 is 0 Å². The lowest BCUT2D eigenvalue weighted by atomic mass is 10.2. The molecule has 0 N–H and O–H groups in total. The Morgan fingerprint density at radius 1 is 1.35 bits per heavy atom. The number of alkyl halides is 1. The van der Waals surface area contributed by atoms with E-state index in [9.17, 15) is 0 Å². The van der Waals surface area contributed by atoms with Gasteiger partial charge in [0.25, 0.3) is 0 Å². The van der Waals surface area contributed by atoms with Gasteiger partial charge >= 0.3 is 0 Å². The molecule has 2 rings (SSSR count). The first-order valence-corrected chi connectivity index (χ1v) is 6.53. The third kappa shape index (κ3) is 2.72. The summed E-state index contributed by atoms with van der Waals surface area (Å²) in [5.41, 5.74) is 0.881. The van der Waals surface area contributed by atoms with Crippen LogP contribution in [-0.2, 0) is 0 Å². The minimum Gasteiger partial charge on any atom is -0.464 e. The molecule has 0 radical (unpaired) electrons. The smallest absolute Gasteiger partial charge is 0.139 e. The SMILES string of the molecule is CCCCN(CCCl)c1nccc2occc12. The summed E-state index contributed by atoms with van der Waals surface area (Å²) < 4.78 is 5.39. The summed E-state index contributed by atoms with van der Waals surface area (Å²) in [6.45, 7) is 3.99. The molecule has 2 heterocycles. The van der Waals surface area contributed by atoms with Gasteiger partial charge in [-0.05, 0) is 18.6 Å². The summed E-state index contributed by atoms with van der Waals surface area (Å²) >= 11 is 5.86. The average molecular weight is 253 g/mol. The molecule has 0 saturated heterocycles. The molecular weight excluding hydrogens is 236 g/mol. The first kappa shape index (κ1) is 12.2. The molecule has 92 valence electrons. The maximum absolute atomic E-state index is 5.86. The molecule has 3 nitrogen and oxygen atoms in total. The first-order chi connectivity index (χ1) is 8.36. The predicted molar refractivity (Wildman–Crippen MR) is 71.9 cm³/mol. The summed E-state index contributed by atoms with van der Waals surface area (Å²) in [4.78, 5) is 6.69. The second-order valence-corrected chi connectivity index (χ2v) is 4.37. The highest BCUT2D eigenvalue weighted by Gasteiger charge is 2.11. The zero-order valence-corrected chi connectivity index (χ0v) is 10.8. The number of anilines is 1. The molecule has 0 aromatic carbocycles. The number of halogens is 1. The van der Waals surface area contributed by atoms with E-state index in [2.05, 4.69) is 16.8 Å². The van der Waals surface area contributed by atoms with E-state index in [4.69, 9.17) is 16.0 Å². The van der Waals surface area contributed by atoms with Crippen LogP contribution < -0.4 is 4.90 Å². The molecule has 0 aliphatic heterocycles. The fraction of sp³-hybridized carbons (Fsp3) is 0.462. The summed E-state index contributed by atoms with van der Waals surface area (Å²) in [5.74, 6) is 1.59. The molecule has 0 unspecified atom stereocenters. The summed E-state index contributed by atoms with van der Waals surface area (Å²) in [6.07, 6.45) is 5.80. The molecule has 0 saturated carbocycles. The van der Waals surface area contributed by atoms with E-state index in [-0.39, 0.29) is 0 Å². The maximum Gasteiger partial charge on any atom is 0.139 e. The van der Waals surface area contributed by atoms with Crippen molar-refractivity contribution in [3.8, 4) is 0 Å². The quantitative estimate of drug-likeness (QED) is 0.735. The lowest BCUT2D eigenvalue weighted by molar-refractivity contribution is 0.615. The minimum absolute atomic E-state index is 0.611. The molecule has 0 atom stereocenters. The standard InChI is InChI=1S/C13H17ClN2O/c1-2-3-8-16(9-6-14)13-11-5-10-17-12(11)4-7-15-13/h4-5,7,10H,2-3,6,8-9H2,1H3. The van der Waals surface area contributed by atoms with Crippen molar-refractivity contribution in [1.82, 2.24) is 4.98 Å². The van der Waals surface area contributed by atoms with Crippen LogP contribution in [0.4, 0.5) is 5.82 Å². The van der Waals surface area contributed by atoms with Gasteiger partial charge in [0.05, 0.1) is 11.6 Å². The topological polar surface area (TPSA) is 29.3 Å².